The third-order valence-corrected chi connectivity index (χ3v) is 14.3. The maximum absolute atomic E-state index is 7.74. The van der Waals surface area contributed by atoms with Crippen LogP contribution in [0.25, 0.3) is 0 Å². The van der Waals surface area contributed by atoms with Crippen molar-refractivity contribution in [1.82, 2.24) is 16.0 Å². The molecule has 0 bridgehead atoms. The number of guanidine groups is 3. The van der Waals surface area contributed by atoms with Crippen molar-refractivity contribution in [2.24, 2.45) is 22.9 Å². The van der Waals surface area contributed by atoms with Crippen LogP contribution >= 0.6 is 0 Å². The van der Waals surface area contributed by atoms with Crippen molar-refractivity contribution in [3.8, 4) is 23.0 Å². The van der Waals surface area contributed by atoms with E-state index in [-0.39, 0.29) is 39.5 Å². The Morgan fingerprint density at radius 2 is 0.646 bits per heavy atom. The summed E-state index contributed by atoms with van der Waals surface area (Å²) in [6.07, 6.45) is 9.02. The number of aryl methyl sites for hydroxylation is 2. The van der Waals surface area contributed by atoms with Gasteiger partial charge in [0.2, 0.25) is 0 Å². The predicted octanol–water partition coefficient (Wildman–Crippen LogP) is 11.6. The number of hydrogen-bond donors (Lipinski definition) is 10. The van der Waals surface area contributed by atoms with Gasteiger partial charge in [0, 0.05) is 38.9 Å². The van der Waals surface area contributed by atoms with Crippen molar-refractivity contribution in [2.75, 3.05) is 52.6 Å². The van der Waals surface area contributed by atoms with E-state index in [1.807, 2.05) is 0 Å². The molecule has 0 spiro atoms. The molecule has 0 radical (unpaired) electrons. The molecule has 14 N–H and O–H groups in total. The second kappa shape index (κ2) is 29.9. The molecule has 14 heteroatoms. The molecule has 4 aromatic carbocycles. The van der Waals surface area contributed by atoms with Gasteiger partial charge in [0.1, 0.15) is 23.0 Å². The first-order valence-corrected chi connectivity index (χ1v) is 29.1. The molecule has 0 saturated carbocycles. The van der Waals surface area contributed by atoms with E-state index < -0.39 is 0 Å². The highest BCUT2D eigenvalue weighted by atomic mass is 16.5. The minimum absolute atomic E-state index is 0.0239. The van der Waals surface area contributed by atoms with Gasteiger partial charge in [-0.2, -0.15) is 0 Å². The third kappa shape index (κ3) is 21.1. The third-order valence-electron chi connectivity index (χ3n) is 14.3. The Morgan fingerprint density at radius 1 is 0.392 bits per heavy atom. The van der Waals surface area contributed by atoms with Crippen molar-refractivity contribution in [3.05, 3.63) is 115 Å². The monoisotopic (exact) mass is 1090 g/mol. The first kappa shape index (κ1) is 65.4. The lowest BCUT2D eigenvalue weighted by Crippen LogP contribution is -2.31. The van der Waals surface area contributed by atoms with Gasteiger partial charge in [-0.3, -0.25) is 16.2 Å². The van der Waals surface area contributed by atoms with E-state index >= 15 is 0 Å². The Bertz CT molecular complexity index is 2630. The Kier molecular flexibility index (Phi) is 24.7. The van der Waals surface area contributed by atoms with E-state index in [2.05, 4.69) is 161 Å². The topological polar surface area (TPSA) is 249 Å². The zero-order chi connectivity index (χ0) is 58.7. The van der Waals surface area contributed by atoms with E-state index in [1.165, 1.54) is 27.8 Å². The van der Waals surface area contributed by atoms with E-state index in [1.54, 1.807) is 0 Å². The quantitative estimate of drug-likeness (QED) is 0.0134. The van der Waals surface area contributed by atoms with E-state index in [9.17, 15) is 0 Å². The number of hydrogen-bond acceptors (Lipinski definition) is 8. The Morgan fingerprint density at radius 3 is 0.924 bits per heavy atom. The highest BCUT2D eigenvalue weighted by Crippen LogP contribution is 2.43. The molecule has 0 heterocycles. The molecule has 14 nitrogen and oxygen atoms in total. The molecule has 438 valence electrons. The molecule has 0 aliphatic carbocycles. The number of nitrogens with two attached hydrogens (primary N) is 4. The summed E-state index contributed by atoms with van der Waals surface area (Å²) < 4.78 is 27.9. The molecular weight excluding hydrogens is 985 g/mol. The first-order valence-electron chi connectivity index (χ1n) is 29.1. The van der Waals surface area contributed by atoms with Crippen LogP contribution in [0, 0.1) is 23.2 Å². The smallest absolute Gasteiger partial charge is 0.185 e. The summed E-state index contributed by atoms with van der Waals surface area (Å²) in [6.45, 7) is 36.1. The Balaban J connectivity index is 2.06. The van der Waals surface area contributed by atoms with Crippen LogP contribution in [0.2, 0.25) is 0 Å². The van der Waals surface area contributed by atoms with Crippen molar-refractivity contribution < 1.29 is 18.9 Å². The molecule has 0 amide bonds. The molecule has 0 aliphatic rings. The average molecular weight is 1090 g/mol. The van der Waals surface area contributed by atoms with E-state index in [4.69, 9.17) is 58.1 Å². The number of nitrogens with one attached hydrogen (secondary N) is 6. The van der Waals surface area contributed by atoms with Gasteiger partial charge < -0.3 is 57.8 Å². The molecule has 79 heavy (non-hydrogen) atoms. The molecule has 4 aromatic rings. The Labute approximate surface area is 476 Å². The lowest BCUT2D eigenvalue weighted by molar-refractivity contribution is 0.296. The second-order valence-electron chi connectivity index (χ2n) is 25.6. The molecule has 0 atom stereocenters. The SMILES string of the molecule is CCc1cc(C(C)(C)C)cc(Cc2cc(C(C)(C)C)cc(Cc3cc(C(C)(C)C)cc(Cc4cc(C(C)(C)C)cc(C)c4OCCCCN)c3OCCCCNC(=N)N)c2OCCCCNC(=N)N)c1OCCCCNC(=N)N. The molecule has 0 saturated heterocycles. The molecule has 0 aliphatic heterocycles. The predicted molar refractivity (Wildman–Crippen MR) is 331 cm³/mol. The summed E-state index contributed by atoms with van der Waals surface area (Å²) in [7, 11) is 0. The van der Waals surface area contributed by atoms with Crippen LogP contribution in [0.5, 0.6) is 23.0 Å². The van der Waals surface area contributed by atoms with Crippen LogP contribution < -0.4 is 57.8 Å². The number of ether oxygens (including phenoxy) is 4. The van der Waals surface area contributed by atoms with Crippen molar-refractivity contribution >= 4 is 17.9 Å². The van der Waals surface area contributed by atoms with Gasteiger partial charge >= 0.3 is 0 Å². The minimum Gasteiger partial charge on any atom is -0.493 e. The molecular formula is C65H104N10O4. The van der Waals surface area contributed by atoms with Crippen LogP contribution in [0.4, 0.5) is 0 Å². The summed E-state index contributed by atoms with van der Waals surface area (Å²) in [6, 6.07) is 18.7. The van der Waals surface area contributed by atoms with Crippen molar-refractivity contribution in [2.45, 2.75) is 196 Å². The number of unbranched alkanes of at least 4 members (excludes halogenated alkanes) is 4. The maximum Gasteiger partial charge on any atom is 0.185 e. The average Bonchev–Trinajstić information content (AvgIpc) is 3.43. The summed E-state index contributed by atoms with van der Waals surface area (Å²) >= 11 is 0. The van der Waals surface area contributed by atoms with Crippen LogP contribution in [-0.2, 0) is 47.3 Å². The van der Waals surface area contributed by atoms with Gasteiger partial charge in [-0.05, 0) is 160 Å². The van der Waals surface area contributed by atoms with E-state index in [0.717, 1.165) is 120 Å². The highest BCUT2D eigenvalue weighted by molar-refractivity contribution is 5.74. The van der Waals surface area contributed by atoms with Gasteiger partial charge in [-0.15, -0.1) is 0 Å². The summed E-state index contributed by atoms with van der Waals surface area (Å²) in [4.78, 5) is 0. The standard InChI is InChI=1S/C65H104N10O4/c1-15-44-36-52(63(6,7)8)38-46(56(44)77-29-21-17-25-73-59(67)68)34-48-40-54(65(12,13)14)42-50(58(48)79-31-23-19-27-75-61(71)72)35-49-41-53(64(9,10)11)39-47(57(49)78-30-22-18-26-74-60(69)70)33-45-37-51(62(3,4)5)32-43(2)55(45)76-28-20-16-24-66/h32,36-42H,15-31,33-35,66H2,1-14H3,(H4,67,68,73)(H4,69,70,74)(H4,71,72,75). The fourth-order valence-electron chi connectivity index (χ4n) is 9.56. The summed E-state index contributed by atoms with van der Waals surface area (Å²) in [5, 5.41) is 31.9. The second-order valence-corrected chi connectivity index (χ2v) is 25.6. The summed E-state index contributed by atoms with van der Waals surface area (Å²) in [5.74, 6) is 3.46. The zero-order valence-corrected chi connectivity index (χ0v) is 51.2. The number of rotatable bonds is 30. The van der Waals surface area contributed by atoms with Gasteiger partial charge in [0.05, 0.1) is 26.4 Å². The minimum atomic E-state index is -0.211. The van der Waals surface area contributed by atoms with Crippen molar-refractivity contribution in [1.29, 1.82) is 16.2 Å². The largest absolute Gasteiger partial charge is 0.493 e. The molecule has 0 unspecified atom stereocenters. The Hall–Kier alpha value is -6.15. The lowest BCUT2D eigenvalue weighted by Gasteiger charge is -2.28. The molecule has 0 fully saturated rings. The van der Waals surface area contributed by atoms with E-state index in [0.29, 0.717) is 71.9 Å². The van der Waals surface area contributed by atoms with Gasteiger partial charge in [0.25, 0.3) is 0 Å². The first-order chi connectivity index (χ1) is 37.0. The fraction of sp³-hybridized carbons (Fsp3) is 0.585. The van der Waals surface area contributed by atoms with Crippen LogP contribution in [-0.4, -0.2) is 70.5 Å². The molecule has 0 aromatic heterocycles. The van der Waals surface area contributed by atoms with Gasteiger partial charge in [-0.1, -0.05) is 139 Å². The maximum atomic E-state index is 7.74. The normalized spacial score (nSPS) is 12.0. The van der Waals surface area contributed by atoms with Crippen molar-refractivity contribution in [3.63, 3.8) is 0 Å². The highest BCUT2D eigenvalue weighted by Gasteiger charge is 2.28. The zero-order valence-electron chi connectivity index (χ0n) is 51.2. The summed E-state index contributed by atoms with van der Waals surface area (Å²) in [5.41, 5.74) is 36.1. The van der Waals surface area contributed by atoms with Crippen LogP contribution in [0.15, 0.2) is 48.5 Å². The molecule has 4 rings (SSSR count). The van der Waals surface area contributed by atoms with Gasteiger partial charge in [-0.25, -0.2) is 0 Å². The fourth-order valence-corrected chi connectivity index (χ4v) is 9.56. The van der Waals surface area contributed by atoms with Crippen LogP contribution in [0.3, 0.4) is 0 Å². The van der Waals surface area contributed by atoms with Gasteiger partial charge in [0.15, 0.2) is 17.9 Å². The number of benzene rings is 4. The van der Waals surface area contributed by atoms with Crippen LogP contribution in [0.1, 0.15) is 208 Å². The lowest BCUT2D eigenvalue weighted by atomic mass is 9.80.